The van der Waals surface area contributed by atoms with Crippen molar-refractivity contribution in [2.75, 3.05) is 17.2 Å². The lowest BCUT2D eigenvalue weighted by atomic mass is 10.0. The van der Waals surface area contributed by atoms with Gasteiger partial charge in [0.2, 0.25) is 6.10 Å². The van der Waals surface area contributed by atoms with Crippen molar-refractivity contribution >= 4 is 80.6 Å². The van der Waals surface area contributed by atoms with Crippen molar-refractivity contribution in [3.63, 3.8) is 0 Å². The number of thioether (sulfide) groups is 2. The summed E-state index contributed by atoms with van der Waals surface area (Å²) in [7, 11) is 1.86. The van der Waals surface area contributed by atoms with Gasteiger partial charge in [-0.3, -0.25) is 14.5 Å². The molecule has 1 unspecified atom stereocenters. The number of aromatic nitrogens is 3. The van der Waals surface area contributed by atoms with Crippen molar-refractivity contribution in [1.29, 1.82) is 0 Å². The van der Waals surface area contributed by atoms with Crippen LogP contribution in [0.5, 0.6) is 0 Å². The molecule has 0 saturated carbocycles. The normalized spacial score (nSPS) is 19.5. The van der Waals surface area contributed by atoms with E-state index in [0.29, 0.717) is 21.9 Å². The number of carboxylic acid groups (broad SMARTS) is 2. The standard InChI is InChI=1S/C23H21N7O8S3/c1-9(20(33)34)38-28-14(12-8-40-22(24)25-12)17(31)27-15-18(32)30-16(21(35)36)10(6-39-19(15)30)7-41-23-26-11-5-29(2)4-3-13(11)37-23/h3-5,8-9,15,19H,6-7H2,1-2H3,(H4-,24,25,27,31,33,34,35,36)/p+1/t9-,15?,19-/m0/s1. The van der Waals surface area contributed by atoms with Crippen LogP contribution in [0.15, 0.2) is 49.9 Å². The number of oxime groups is 1. The fraction of sp³-hybridized carbons (Fsp3) is 0.304. The number of thiazole rings is 1. The van der Waals surface area contributed by atoms with Crippen LogP contribution in [0.4, 0.5) is 5.13 Å². The third kappa shape index (κ3) is 5.70. The Kier molecular flexibility index (Phi) is 7.87. The van der Waals surface area contributed by atoms with Crippen molar-refractivity contribution in [2.24, 2.45) is 12.2 Å². The monoisotopic (exact) mass is 620 g/mol. The molecule has 5 heterocycles. The minimum absolute atomic E-state index is 0.0286. The maximum Gasteiger partial charge on any atom is 0.352 e. The minimum Gasteiger partial charge on any atom is -0.478 e. The molecular formula is C23H22N7O8S3+. The lowest BCUT2D eigenvalue weighted by molar-refractivity contribution is -0.670. The number of fused-ring (bicyclic) bond motifs is 2. The highest BCUT2D eigenvalue weighted by Gasteiger charge is 2.54. The van der Waals surface area contributed by atoms with E-state index in [1.165, 1.54) is 35.8 Å². The van der Waals surface area contributed by atoms with Gasteiger partial charge in [-0.1, -0.05) is 16.9 Å². The molecule has 214 valence electrons. The number of nitrogens with zero attached hydrogens (tertiary/aromatic N) is 5. The zero-order valence-electron chi connectivity index (χ0n) is 21.3. The number of hydrogen-bond donors (Lipinski definition) is 4. The lowest BCUT2D eigenvalue weighted by Gasteiger charge is -2.49. The first kappa shape index (κ1) is 28.4. The second-order valence-electron chi connectivity index (χ2n) is 8.84. The summed E-state index contributed by atoms with van der Waals surface area (Å²) >= 11 is 3.53. The highest BCUT2D eigenvalue weighted by molar-refractivity contribution is 8.01. The number of hydrogen-bond acceptors (Lipinski definition) is 13. The molecule has 15 nitrogen and oxygen atoms in total. The molecule has 1 saturated heterocycles. The smallest absolute Gasteiger partial charge is 0.352 e. The summed E-state index contributed by atoms with van der Waals surface area (Å²) in [5.74, 6) is -3.55. The quantitative estimate of drug-likeness (QED) is 0.0796. The number of nitrogen functional groups attached to an aromatic ring is 1. The predicted molar refractivity (Wildman–Crippen MR) is 147 cm³/mol. The predicted octanol–water partition coefficient (Wildman–Crippen LogP) is 0.416. The first-order valence-electron chi connectivity index (χ1n) is 11.8. The molecular weight excluding hydrogens is 598 g/mol. The van der Waals surface area contributed by atoms with Gasteiger partial charge in [0.1, 0.15) is 29.9 Å². The van der Waals surface area contributed by atoms with Crippen LogP contribution in [0, 0.1) is 0 Å². The molecule has 5 N–H and O–H groups in total. The van der Waals surface area contributed by atoms with Gasteiger partial charge in [0.05, 0.1) is 0 Å². The molecule has 0 aromatic carbocycles. The third-order valence-electron chi connectivity index (χ3n) is 5.98. The van der Waals surface area contributed by atoms with E-state index >= 15 is 0 Å². The number of carbonyl (C=O) groups excluding carboxylic acids is 2. The van der Waals surface area contributed by atoms with E-state index in [0.717, 1.165) is 16.2 Å². The Morgan fingerprint density at radius 1 is 1.39 bits per heavy atom. The summed E-state index contributed by atoms with van der Waals surface area (Å²) in [6, 6.07) is 0.716. The van der Waals surface area contributed by atoms with Gasteiger partial charge in [0.25, 0.3) is 17.0 Å². The number of aryl methyl sites for hydroxylation is 1. The Labute approximate surface area is 243 Å². The van der Waals surface area contributed by atoms with E-state index in [1.807, 2.05) is 17.8 Å². The van der Waals surface area contributed by atoms with E-state index in [1.54, 1.807) is 12.3 Å². The third-order valence-corrected chi connectivity index (χ3v) is 8.91. The highest BCUT2D eigenvalue weighted by atomic mass is 32.2. The molecule has 2 amide bonds. The number of carboxylic acids is 2. The van der Waals surface area contributed by atoms with Crippen molar-refractivity contribution < 1.29 is 43.2 Å². The van der Waals surface area contributed by atoms with Gasteiger partial charge in [-0.05, 0) is 12.5 Å². The molecule has 5 rings (SSSR count). The molecule has 2 aliphatic rings. The molecule has 0 bridgehead atoms. The SMILES string of the molecule is C[C@H](ON=C(C(=O)NC1C(=O)N2C(C(=O)O)=C(CSc3nc4c[n+](C)ccc4o3)CS[C@@H]12)c1csc(N)n1)C(=O)O. The number of anilines is 1. The van der Waals surface area contributed by atoms with Crippen molar-refractivity contribution in [1.82, 2.24) is 20.2 Å². The number of rotatable bonds is 10. The Bertz CT molecular complexity index is 1630. The van der Waals surface area contributed by atoms with Crippen LogP contribution in [0.25, 0.3) is 11.1 Å². The summed E-state index contributed by atoms with van der Waals surface area (Å²) in [6.45, 7) is 1.22. The lowest BCUT2D eigenvalue weighted by Crippen LogP contribution is -2.71. The van der Waals surface area contributed by atoms with Crippen LogP contribution in [0.2, 0.25) is 0 Å². The number of carbonyl (C=O) groups is 4. The average molecular weight is 621 g/mol. The summed E-state index contributed by atoms with van der Waals surface area (Å²) < 4.78 is 7.56. The van der Waals surface area contributed by atoms with E-state index in [-0.39, 0.29) is 33.7 Å². The Morgan fingerprint density at radius 3 is 2.85 bits per heavy atom. The molecule has 0 aliphatic carbocycles. The van der Waals surface area contributed by atoms with Crippen LogP contribution in [0.3, 0.4) is 0 Å². The van der Waals surface area contributed by atoms with Crippen LogP contribution in [0.1, 0.15) is 12.6 Å². The van der Waals surface area contributed by atoms with Gasteiger partial charge in [-0.15, -0.1) is 23.1 Å². The summed E-state index contributed by atoms with van der Waals surface area (Å²) in [5, 5.41) is 26.5. The number of nitrogens with two attached hydrogens (primary N) is 1. The second kappa shape index (κ2) is 11.4. The molecule has 0 spiro atoms. The molecule has 2 aliphatic heterocycles. The number of nitrogens with one attached hydrogen (secondary N) is 1. The van der Waals surface area contributed by atoms with Crippen LogP contribution in [-0.4, -0.2) is 83.6 Å². The van der Waals surface area contributed by atoms with Crippen molar-refractivity contribution in [3.05, 3.63) is 40.8 Å². The Balaban J connectivity index is 1.31. The molecule has 41 heavy (non-hydrogen) atoms. The summed E-state index contributed by atoms with van der Waals surface area (Å²) in [6.07, 6.45) is 2.26. The number of oxazole rings is 1. The summed E-state index contributed by atoms with van der Waals surface area (Å²) in [4.78, 5) is 64.0. The van der Waals surface area contributed by atoms with E-state index < -0.39 is 41.3 Å². The van der Waals surface area contributed by atoms with Gasteiger partial charge >= 0.3 is 11.9 Å². The van der Waals surface area contributed by atoms with Gasteiger partial charge in [-0.2, -0.15) is 4.98 Å². The summed E-state index contributed by atoms with van der Waals surface area (Å²) in [5.41, 5.74) is 6.92. The molecule has 18 heteroatoms. The zero-order chi connectivity index (χ0) is 29.4. The number of pyridine rings is 1. The number of aliphatic carboxylic acids is 2. The fourth-order valence-corrected chi connectivity index (χ4v) is 6.82. The first-order chi connectivity index (χ1) is 19.5. The zero-order valence-corrected chi connectivity index (χ0v) is 23.8. The topological polar surface area (TPSA) is 214 Å². The van der Waals surface area contributed by atoms with Crippen LogP contribution < -0.4 is 15.6 Å². The number of β-lactam (4-membered cyclic amide) rings is 1. The average Bonchev–Trinajstić information content (AvgIpc) is 3.54. The highest BCUT2D eigenvalue weighted by Crippen LogP contribution is 2.41. The van der Waals surface area contributed by atoms with Crippen LogP contribution >= 0.6 is 34.9 Å². The van der Waals surface area contributed by atoms with Crippen LogP contribution in [-0.2, 0) is 31.1 Å². The maximum atomic E-state index is 13.1. The van der Waals surface area contributed by atoms with Crippen molar-refractivity contribution in [2.45, 2.75) is 29.7 Å². The molecule has 1 fully saturated rings. The van der Waals surface area contributed by atoms with E-state index in [2.05, 4.69) is 20.4 Å². The number of amides is 2. The molecule has 3 atom stereocenters. The van der Waals surface area contributed by atoms with Gasteiger partial charge in [0, 0.05) is 23.0 Å². The first-order valence-corrected chi connectivity index (χ1v) is 14.7. The Hall–Kier alpha value is -4.16. The largest absolute Gasteiger partial charge is 0.478 e. The molecule has 3 aromatic rings. The maximum absolute atomic E-state index is 13.1. The van der Waals surface area contributed by atoms with E-state index in [4.69, 9.17) is 20.1 Å². The van der Waals surface area contributed by atoms with Gasteiger partial charge in [-0.25, -0.2) is 19.1 Å². The Morgan fingerprint density at radius 2 is 2.17 bits per heavy atom. The molecule has 3 aromatic heterocycles. The van der Waals surface area contributed by atoms with Crippen molar-refractivity contribution in [3.8, 4) is 0 Å². The van der Waals surface area contributed by atoms with E-state index in [9.17, 15) is 24.3 Å². The fourth-order valence-electron chi connectivity index (χ4n) is 3.95. The second-order valence-corrected chi connectivity index (χ2v) is 11.8. The molecule has 0 radical (unpaired) electrons. The van der Waals surface area contributed by atoms with Gasteiger partial charge in [0.15, 0.2) is 34.3 Å². The van der Waals surface area contributed by atoms with Gasteiger partial charge < -0.3 is 30.5 Å². The minimum atomic E-state index is -1.36.